The van der Waals surface area contributed by atoms with E-state index in [2.05, 4.69) is 5.32 Å². The molecular weight excluding hydrogens is 294 g/mol. The molecule has 110 valence electrons. The first-order valence-corrected chi connectivity index (χ1v) is 7.12. The van der Waals surface area contributed by atoms with Gasteiger partial charge in [0.2, 0.25) is 0 Å². The number of hydrogen-bond acceptors (Lipinski definition) is 5. The van der Waals surface area contributed by atoms with Gasteiger partial charge in [-0.3, -0.25) is 14.5 Å². The van der Waals surface area contributed by atoms with Gasteiger partial charge in [0.25, 0.3) is 5.91 Å². The quantitative estimate of drug-likeness (QED) is 0.884. The fraction of sp³-hybridized carbons (Fsp3) is 0.308. The molecule has 2 amide bonds. The molecule has 3 rings (SSSR count). The summed E-state index contributed by atoms with van der Waals surface area (Å²) in [6.45, 7) is 0.158. The second-order valence-electron chi connectivity index (χ2n) is 4.68. The zero-order chi connectivity index (χ0) is 15.1. The third-order valence-corrected chi connectivity index (χ3v) is 4.43. The lowest BCUT2D eigenvalue weighted by Crippen LogP contribution is -2.35. The molecule has 7 nitrogen and oxygen atoms in total. The number of fused-ring (bicyclic) bond motifs is 1. The first-order valence-electron chi connectivity index (χ1n) is 6.30. The molecule has 2 aromatic rings. The summed E-state index contributed by atoms with van der Waals surface area (Å²) in [5.74, 6) is -0.337. The molecule has 1 saturated heterocycles. The number of cyclic esters (lactones) is 1. The van der Waals surface area contributed by atoms with E-state index in [4.69, 9.17) is 4.74 Å². The maximum atomic E-state index is 11.9. The molecular formula is C13H13N3O4S. The monoisotopic (exact) mass is 307 g/mol. The number of ether oxygens (including phenoxy) is 1. The minimum Gasteiger partial charge on any atom is -0.434 e. The van der Waals surface area contributed by atoms with Crippen LogP contribution in [-0.4, -0.2) is 36.3 Å². The van der Waals surface area contributed by atoms with E-state index in [1.54, 1.807) is 29.8 Å². The molecule has 0 radical (unpaired) electrons. The van der Waals surface area contributed by atoms with Crippen molar-refractivity contribution in [3.05, 3.63) is 27.9 Å². The van der Waals surface area contributed by atoms with Crippen molar-refractivity contribution >= 4 is 39.2 Å². The summed E-state index contributed by atoms with van der Waals surface area (Å²) in [6, 6.07) is 5.28. The van der Waals surface area contributed by atoms with Crippen LogP contribution in [0.15, 0.2) is 23.0 Å². The van der Waals surface area contributed by atoms with E-state index >= 15 is 0 Å². The van der Waals surface area contributed by atoms with Crippen molar-refractivity contribution in [3.8, 4) is 0 Å². The van der Waals surface area contributed by atoms with Gasteiger partial charge in [-0.1, -0.05) is 11.3 Å². The Kier molecular flexibility index (Phi) is 3.17. The number of aromatic nitrogens is 1. The average Bonchev–Trinajstić information content (AvgIpc) is 2.99. The lowest BCUT2D eigenvalue weighted by Gasteiger charge is -2.12. The van der Waals surface area contributed by atoms with Gasteiger partial charge < -0.3 is 14.6 Å². The molecule has 0 spiro atoms. The van der Waals surface area contributed by atoms with Gasteiger partial charge >= 0.3 is 11.0 Å². The van der Waals surface area contributed by atoms with Crippen molar-refractivity contribution in [2.45, 2.75) is 6.10 Å². The van der Waals surface area contributed by atoms with E-state index in [-0.39, 0.29) is 17.3 Å². The predicted molar refractivity (Wildman–Crippen MR) is 78.7 cm³/mol. The molecule has 1 unspecified atom stereocenters. The van der Waals surface area contributed by atoms with Crippen LogP contribution < -0.4 is 15.1 Å². The third-order valence-electron chi connectivity index (χ3n) is 3.44. The van der Waals surface area contributed by atoms with Crippen molar-refractivity contribution < 1.29 is 14.3 Å². The van der Waals surface area contributed by atoms with E-state index in [0.717, 1.165) is 21.6 Å². The number of benzene rings is 1. The minimum atomic E-state index is -0.812. The SMILES string of the molecule is CNC(=O)C1CN(c2ccc3c(c2)sc(=O)n3C)C(=O)O1. The molecule has 8 heteroatoms. The van der Waals surface area contributed by atoms with Gasteiger partial charge in [0, 0.05) is 19.8 Å². The molecule has 1 aliphatic heterocycles. The van der Waals surface area contributed by atoms with Gasteiger partial charge in [0.15, 0.2) is 6.10 Å². The molecule has 1 aromatic carbocycles. The molecule has 0 bridgehead atoms. The Bertz CT molecular complexity index is 794. The Morgan fingerprint density at radius 1 is 1.43 bits per heavy atom. The third kappa shape index (κ3) is 2.17. The summed E-state index contributed by atoms with van der Waals surface area (Å²) in [5.41, 5.74) is 1.42. The molecule has 0 aliphatic carbocycles. The van der Waals surface area contributed by atoms with Gasteiger partial charge in [0.1, 0.15) is 0 Å². The highest BCUT2D eigenvalue weighted by Crippen LogP contribution is 2.27. The number of nitrogens with zero attached hydrogens (tertiary/aromatic N) is 2. The number of carbonyl (C=O) groups excluding carboxylic acids is 2. The predicted octanol–water partition coefficient (Wildman–Crippen LogP) is 0.671. The molecule has 0 saturated carbocycles. The van der Waals surface area contributed by atoms with Crippen LogP contribution >= 0.6 is 11.3 Å². The number of aryl methyl sites for hydroxylation is 1. The second kappa shape index (κ2) is 4.88. The van der Waals surface area contributed by atoms with Gasteiger partial charge in [-0.05, 0) is 18.2 Å². The van der Waals surface area contributed by atoms with Crippen LogP contribution in [0.25, 0.3) is 10.2 Å². The van der Waals surface area contributed by atoms with Crippen LogP contribution in [0.2, 0.25) is 0 Å². The van der Waals surface area contributed by atoms with Crippen LogP contribution in [-0.2, 0) is 16.6 Å². The molecule has 21 heavy (non-hydrogen) atoms. The summed E-state index contributed by atoms with van der Waals surface area (Å²) < 4.78 is 7.38. The lowest BCUT2D eigenvalue weighted by atomic mass is 10.2. The highest BCUT2D eigenvalue weighted by atomic mass is 32.1. The van der Waals surface area contributed by atoms with Crippen molar-refractivity contribution in [1.29, 1.82) is 0 Å². The zero-order valence-corrected chi connectivity index (χ0v) is 12.3. The fourth-order valence-electron chi connectivity index (χ4n) is 2.26. The first-order chi connectivity index (χ1) is 10.0. The fourth-order valence-corrected chi connectivity index (χ4v) is 3.17. The largest absolute Gasteiger partial charge is 0.434 e. The summed E-state index contributed by atoms with van der Waals surface area (Å²) in [4.78, 5) is 36.4. The van der Waals surface area contributed by atoms with Crippen molar-refractivity contribution in [2.75, 3.05) is 18.5 Å². The Labute approximate surface area is 123 Å². The Morgan fingerprint density at radius 2 is 2.19 bits per heavy atom. The van der Waals surface area contributed by atoms with Crippen LogP contribution in [0, 0.1) is 0 Å². The van der Waals surface area contributed by atoms with Gasteiger partial charge in [-0.15, -0.1) is 0 Å². The normalized spacial score (nSPS) is 18.1. The van der Waals surface area contributed by atoms with E-state index in [9.17, 15) is 14.4 Å². The summed E-state index contributed by atoms with van der Waals surface area (Å²) in [7, 11) is 3.19. The Hall–Kier alpha value is -2.35. The van der Waals surface area contributed by atoms with Gasteiger partial charge in [-0.2, -0.15) is 0 Å². The number of likely N-dealkylation sites (N-methyl/N-ethyl adjacent to an activating group) is 1. The Morgan fingerprint density at radius 3 is 2.90 bits per heavy atom. The topological polar surface area (TPSA) is 80.6 Å². The molecule has 2 heterocycles. The standard InChI is InChI=1S/C13H13N3O4S/c1-14-11(17)9-6-16(12(18)20-9)7-3-4-8-10(5-7)21-13(19)15(8)2/h3-5,9H,6H2,1-2H3,(H,14,17). The zero-order valence-electron chi connectivity index (χ0n) is 11.5. The molecule has 1 N–H and O–H groups in total. The van der Waals surface area contributed by atoms with Crippen LogP contribution in [0.3, 0.4) is 0 Å². The summed E-state index contributed by atoms with van der Waals surface area (Å²) >= 11 is 1.11. The molecule has 1 fully saturated rings. The Balaban J connectivity index is 1.95. The number of rotatable bonds is 2. The van der Waals surface area contributed by atoms with Crippen molar-refractivity contribution in [2.24, 2.45) is 7.05 Å². The maximum Gasteiger partial charge on any atom is 0.415 e. The van der Waals surface area contributed by atoms with Gasteiger partial charge in [0.05, 0.1) is 16.8 Å². The maximum absolute atomic E-state index is 11.9. The average molecular weight is 307 g/mol. The highest BCUT2D eigenvalue weighted by molar-refractivity contribution is 7.16. The summed E-state index contributed by atoms with van der Waals surface area (Å²) in [6.07, 6.45) is -1.38. The lowest BCUT2D eigenvalue weighted by molar-refractivity contribution is -0.127. The van der Waals surface area contributed by atoms with Crippen molar-refractivity contribution in [3.63, 3.8) is 0 Å². The van der Waals surface area contributed by atoms with Crippen LogP contribution in [0.4, 0.5) is 10.5 Å². The minimum absolute atomic E-state index is 0.0608. The van der Waals surface area contributed by atoms with E-state index in [1.165, 1.54) is 11.9 Å². The number of nitrogens with one attached hydrogen (secondary N) is 1. The first kappa shape index (κ1) is 13.6. The smallest absolute Gasteiger partial charge is 0.415 e. The number of amides is 2. The van der Waals surface area contributed by atoms with Gasteiger partial charge in [-0.25, -0.2) is 4.79 Å². The second-order valence-corrected chi connectivity index (χ2v) is 5.67. The number of thiazole rings is 1. The molecule has 1 aliphatic rings. The number of anilines is 1. The van der Waals surface area contributed by atoms with E-state index in [0.29, 0.717) is 5.69 Å². The van der Waals surface area contributed by atoms with Crippen LogP contribution in [0.5, 0.6) is 0 Å². The molecule has 1 atom stereocenters. The van der Waals surface area contributed by atoms with Crippen molar-refractivity contribution in [1.82, 2.24) is 9.88 Å². The number of carbonyl (C=O) groups is 2. The highest BCUT2D eigenvalue weighted by Gasteiger charge is 2.36. The summed E-state index contributed by atoms with van der Waals surface area (Å²) in [5, 5.41) is 2.45. The van der Waals surface area contributed by atoms with E-state index < -0.39 is 12.2 Å². The van der Waals surface area contributed by atoms with Crippen LogP contribution in [0.1, 0.15) is 0 Å². The molecule has 1 aromatic heterocycles. The van der Waals surface area contributed by atoms with E-state index in [1.807, 2.05) is 0 Å². The number of hydrogen-bond donors (Lipinski definition) is 1.